The van der Waals surface area contributed by atoms with Crippen molar-refractivity contribution in [3.8, 4) is 11.8 Å². The lowest BCUT2D eigenvalue weighted by Crippen LogP contribution is -2.29. The van der Waals surface area contributed by atoms with Crippen LogP contribution in [0.15, 0.2) is 18.2 Å². The summed E-state index contributed by atoms with van der Waals surface area (Å²) in [7, 11) is 0. The summed E-state index contributed by atoms with van der Waals surface area (Å²) in [5.74, 6) is 5.92. The van der Waals surface area contributed by atoms with Gasteiger partial charge in [-0.2, -0.15) is 0 Å². The minimum Gasteiger partial charge on any atom is -0.378 e. The fourth-order valence-corrected chi connectivity index (χ4v) is 2.60. The molecule has 1 aliphatic carbocycles. The number of halogens is 2. The maximum absolute atomic E-state index is 10.2. The van der Waals surface area contributed by atoms with E-state index in [1.165, 1.54) is 6.42 Å². The highest BCUT2D eigenvalue weighted by molar-refractivity contribution is 6.34. The lowest BCUT2D eigenvalue weighted by atomic mass is 9.85. The minimum atomic E-state index is -0.826. The van der Waals surface area contributed by atoms with Gasteiger partial charge < -0.3 is 5.11 Å². The van der Waals surface area contributed by atoms with E-state index in [1.54, 1.807) is 18.2 Å². The van der Waals surface area contributed by atoms with Gasteiger partial charge in [-0.3, -0.25) is 0 Å². The molecule has 0 spiro atoms. The summed E-state index contributed by atoms with van der Waals surface area (Å²) in [4.78, 5) is 0. The largest absolute Gasteiger partial charge is 0.378 e. The molecular weight excluding hydrogens is 255 g/mol. The third kappa shape index (κ3) is 3.64. The van der Waals surface area contributed by atoms with Gasteiger partial charge in [-0.25, -0.2) is 0 Å². The molecule has 1 nitrogen and oxygen atoms in total. The van der Waals surface area contributed by atoms with E-state index in [0.29, 0.717) is 10.0 Å². The fourth-order valence-electron chi connectivity index (χ4n) is 2.08. The molecule has 1 N–H and O–H groups in total. The second kappa shape index (κ2) is 5.31. The SMILES string of the molecule is OC1(C#Cc2cc(Cl)cc(Cl)c2)CCCCC1. The van der Waals surface area contributed by atoms with Crippen LogP contribution in [0.5, 0.6) is 0 Å². The predicted octanol–water partition coefficient (Wildman–Crippen LogP) is 4.04. The minimum absolute atomic E-state index is 0.567. The highest BCUT2D eigenvalue weighted by atomic mass is 35.5. The third-order valence-corrected chi connectivity index (χ3v) is 3.42. The predicted molar refractivity (Wildman–Crippen MR) is 71.4 cm³/mol. The standard InChI is InChI=1S/C14H14Cl2O/c15-12-8-11(9-13(16)10-12)4-7-14(17)5-2-1-3-6-14/h8-10,17H,1-3,5-6H2. The molecule has 0 heterocycles. The highest BCUT2D eigenvalue weighted by Gasteiger charge is 2.26. The van der Waals surface area contributed by atoms with E-state index in [2.05, 4.69) is 11.8 Å². The van der Waals surface area contributed by atoms with Crippen molar-refractivity contribution in [1.82, 2.24) is 0 Å². The molecule has 1 aliphatic rings. The van der Waals surface area contributed by atoms with Crippen LogP contribution in [0.2, 0.25) is 10.0 Å². The molecule has 0 atom stereocenters. The molecule has 1 aromatic carbocycles. The van der Waals surface area contributed by atoms with Gasteiger partial charge in [0.2, 0.25) is 0 Å². The van der Waals surface area contributed by atoms with Crippen LogP contribution in [-0.2, 0) is 0 Å². The van der Waals surface area contributed by atoms with E-state index < -0.39 is 5.60 Å². The second-order valence-electron chi connectivity index (χ2n) is 4.50. The van der Waals surface area contributed by atoms with E-state index in [9.17, 15) is 5.11 Å². The molecule has 17 heavy (non-hydrogen) atoms. The Hall–Kier alpha value is -0.680. The van der Waals surface area contributed by atoms with Crippen molar-refractivity contribution in [3.05, 3.63) is 33.8 Å². The quantitative estimate of drug-likeness (QED) is 0.705. The molecule has 0 saturated heterocycles. The van der Waals surface area contributed by atoms with Crippen molar-refractivity contribution in [3.63, 3.8) is 0 Å². The Kier molecular flexibility index (Phi) is 3.99. The Labute approximate surface area is 112 Å². The summed E-state index contributed by atoms with van der Waals surface area (Å²) in [5, 5.41) is 11.4. The van der Waals surface area contributed by atoms with E-state index in [1.807, 2.05) is 0 Å². The van der Waals surface area contributed by atoms with Gasteiger partial charge in [0.15, 0.2) is 0 Å². The Morgan fingerprint density at radius 3 is 2.18 bits per heavy atom. The average molecular weight is 269 g/mol. The number of aliphatic hydroxyl groups is 1. The van der Waals surface area contributed by atoms with Gasteiger partial charge in [0.25, 0.3) is 0 Å². The van der Waals surface area contributed by atoms with Gasteiger partial charge in [0.1, 0.15) is 5.60 Å². The van der Waals surface area contributed by atoms with Gasteiger partial charge in [0.05, 0.1) is 0 Å². The van der Waals surface area contributed by atoms with Crippen molar-refractivity contribution in [2.24, 2.45) is 0 Å². The van der Waals surface area contributed by atoms with Crippen molar-refractivity contribution in [2.45, 2.75) is 37.7 Å². The summed E-state index contributed by atoms with van der Waals surface area (Å²) in [6.07, 6.45) is 4.79. The number of benzene rings is 1. The van der Waals surface area contributed by atoms with Crippen LogP contribution in [0.3, 0.4) is 0 Å². The van der Waals surface area contributed by atoms with Crippen molar-refractivity contribution in [1.29, 1.82) is 0 Å². The first-order valence-electron chi connectivity index (χ1n) is 5.79. The van der Waals surface area contributed by atoms with Crippen molar-refractivity contribution < 1.29 is 5.11 Å². The second-order valence-corrected chi connectivity index (χ2v) is 5.37. The van der Waals surface area contributed by atoms with E-state index in [0.717, 1.165) is 31.2 Å². The lowest BCUT2D eigenvalue weighted by Gasteiger charge is -2.26. The Bertz CT molecular complexity index is 445. The fraction of sp³-hybridized carbons (Fsp3) is 0.429. The van der Waals surface area contributed by atoms with Crippen molar-refractivity contribution >= 4 is 23.2 Å². The first-order chi connectivity index (χ1) is 8.07. The molecule has 1 aromatic rings. The summed E-state index contributed by atoms with van der Waals surface area (Å²) in [5.41, 5.74) is -0.0750. The molecule has 1 saturated carbocycles. The van der Waals surface area contributed by atoms with Gasteiger partial charge in [-0.05, 0) is 43.9 Å². The Balaban J connectivity index is 2.19. The Morgan fingerprint density at radius 2 is 1.59 bits per heavy atom. The van der Waals surface area contributed by atoms with Crippen LogP contribution < -0.4 is 0 Å². The molecule has 0 amide bonds. The van der Waals surface area contributed by atoms with E-state index >= 15 is 0 Å². The van der Waals surface area contributed by atoms with E-state index in [-0.39, 0.29) is 0 Å². The summed E-state index contributed by atoms with van der Waals surface area (Å²) < 4.78 is 0. The molecule has 2 rings (SSSR count). The third-order valence-electron chi connectivity index (χ3n) is 2.98. The number of hydrogen-bond acceptors (Lipinski definition) is 1. The summed E-state index contributed by atoms with van der Waals surface area (Å²) in [6, 6.07) is 5.18. The Morgan fingerprint density at radius 1 is 1.00 bits per heavy atom. The molecule has 0 aromatic heterocycles. The first-order valence-corrected chi connectivity index (χ1v) is 6.55. The van der Waals surface area contributed by atoms with Crippen LogP contribution in [0, 0.1) is 11.8 Å². The van der Waals surface area contributed by atoms with Gasteiger partial charge in [0, 0.05) is 15.6 Å². The molecule has 90 valence electrons. The van der Waals surface area contributed by atoms with Crippen LogP contribution in [0.25, 0.3) is 0 Å². The molecule has 0 bridgehead atoms. The molecular formula is C14H14Cl2O. The van der Waals surface area contributed by atoms with Crippen molar-refractivity contribution in [2.75, 3.05) is 0 Å². The normalized spacial score (nSPS) is 18.3. The average Bonchev–Trinajstić information content (AvgIpc) is 2.26. The number of hydrogen-bond donors (Lipinski definition) is 1. The zero-order chi connectivity index (χ0) is 12.3. The summed E-state index contributed by atoms with van der Waals surface area (Å²) >= 11 is 11.8. The zero-order valence-electron chi connectivity index (χ0n) is 9.47. The zero-order valence-corrected chi connectivity index (χ0v) is 11.0. The van der Waals surface area contributed by atoms with E-state index in [4.69, 9.17) is 23.2 Å². The lowest BCUT2D eigenvalue weighted by molar-refractivity contribution is 0.0610. The van der Waals surface area contributed by atoms with Crippen LogP contribution in [0.1, 0.15) is 37.7 Å². The molecule has 1 fully saturated rings. The highest BCUT2D eigenvalue weighted by Crippen LogP contribution is 2.27. The molecule has 3 heteroatoms. The van der Waals surface area contributed by atoms with Gasteiger partial charge >= 0.3 is 0 Å². The van der Waals surface area contributed by atoms with Crippen LogP contribution in [-0.4, -0.2) is 10.7 Å². The maximum atomic E-state index is 10.2. The topological polar surface area (TPSA) is 20.2 Å². The van der Waals surface area contributed by atoms with Gasteiger partial charge in [-0.1, -0.05) is 41.5 Å². The molecule has 0 radical (unpaired) electrons. The van der Waals surface area contributed by atoms with Crippen LogP contribution >= 0.6 is 23.2 Å². The maximum Gasteiger partial charge on any atom is 0.125 e. The molecule has 0 aliphatic heterocycles. The summed E-state index contributed by atoms with van der Waals surface area (Å²) in [6.45, 7) is 0. The molecule has 0 unspecified atom stereocenters. The number of rotatable bonds is 0. The first kappa shape index (κ1) is 12.8. The van der Waals surface area contributed by atoms with Crippen LogP contribution in [0.4, 0.5) is 0 Å². The smallest absolute Gasteiger partial charge is 0.125 e. The van der Waals surface area contributed by atoms with Gasteiger partial charge in [-0.15, -0.1) is 0 Å². The monoisotopic (exact) mass is 268 g/mol.